The second kappa shape index (κ2) is 8.99. The lowest BCUT2D eigenvalue weighted by Crippen LogP contribution is -2.45. The van der Waals surface area contributed by atoms with E-state index in [1.165, 1.54) is 0 Å². The van der Waals surface area contributed by atoms with Crippen LogP contribution in [0.3, 0.4) is 0 Å². The lowest BCUT2D eigenvalue weighted by Gasteiger charge is -2.20. The van der Waals surface area contributed by atoms with Gasteiger partial charge >= 0.3 is 0 Å². The molecule has 0 heterocycles. The summed E-state index contributed by atoms with van der Waals surface area (Å²) < 4.78 is 5.48. The van der Waals surface area contributed by atoms with Gasteiger partial charge in [-0.1, -0.05) is 23.2 Å². The predicted molar refractivity (Wildman–Crippen MR) is 92.1 cm³/mol. The highest BCUT2D eigenvalue weighted by Crippen LogP contribution is 2.27. The van der Waals surface area contributed by atoms with Crippen LogP contribution in [-0.4, -0.2) is 30.5 Å². The van der Waals surface area contributed by atoms with Crippen molar-refractivity contribution in [1.29, 1.82) is 0 Å². The molecule has 0 saturated heterocycles. The summed E-state index contributed by atoms with van der Waals surface area (Å²) in [6.45, 7) is 5.97. The Bertz CT molecular complexity index is 557. The average Bonchev–Trinajstić information content (AvgIpc) is 2.41. The fraction of sp³-hybridized carbons (Fsp3) is 0.500. The van der Waals surface area contributed by atoms with Gasteiger partial charge in [0.1, 0.15) is 5.75 Å². The average molecular weight is 361 g/mol. The van der Waals surface area contributed by atoms with E-state index in [0.717, 1.165) is 0 Å². The van der Waals surface area contributed by atoms with E-state index in [2.05, 4.69) is 10.6 Å². The van der Waals surface area contributed by atoms with Crippen LogP contribution in [0.1, 0.15) is 33.6 Å². The van der Waals surface area contributed by atoms with Crippen molar-refractivity contribution < 1.29 is 14.3 Å². The molecule has 128 valence electrons. The van der Waals surface area contributed by atoms with Crippen LogP contribution in [0.4, 0.5) is 0 Å². The van der Waals surface area contributed by atoms with Gasteiger partial charge in [0, 0.05) is 17.0 Å². The van der Waals surface area contributed by atoms with Crippen LogP contribution in [0.5, 0.6) is 5.75 Å². The van der Waals surface area contributed by atoms with E-state index < -0.39 is 0 Å². The monoisotopic (exact) mass is 360 g/mol. The number of rotatable bonds is 7. The molecule has 1 aromatic rings. The van der Waals surface area contributed by atoms with E-state index in [4.69, 9.17) is 27.9 Å². The summed E-state index contributed by atoms with van der Waals surface area (Å²) in [7, 11) is 0. The van der Waals surface area contributed by atoms with Gasteiger partial charge in [0.05, 0.1) is 18.2 Å². The summed E-state index contributed by atoms with van der Waals surface area (Å²) in [5.74, 6) is 0.121. The summed E-state index contributed by atoms with van der Waals surface area (Å²) in [6.07, 6.45) is 0.791. The second-order valence-corrected chi connectivity index (χ2v) is 6.95. The molecular weight excluding hydrogens is 339 g/mol. The van der Waals surface area contributed by atoms with Crippen LogP contribution in [0.2, 0.25) is 10.0 Å². The maximum atomic E-state index is 11.6. The minimum atomic E-state index is -0.312. The highest BCUT2D eigenvalue weighted by molar-refractivity contribution is 6.35. The minimum Gasteiger partial charge on any atom is -0.492 e. The first-order chi connectivity index (χ1) is 10.7. The lowest BCUT2D eigenvalue weighted by molar-refractivity contribution is -0.126. The van der Waals surface area contributed by atoms with Crippen molar-refractivity contribution in [2.45, 2.75) is 39.2 Å². The number of hydrogen-bond donors (Lipinski definition) is 2. The van der Waals surface area contributed by atoms with E-state index in [0.29, 0.717) is 28.8 Å². The molecule has 0 aromatic heterocycles. The van der Waals surface area contributed by atoms with Crippen molar-refractivity contribution in [3.05, 3.63) is 28.2 Å². The van der Waals surface area contributed by atoms with Gasteiger partial charge in [-0.15, -0.1) is 0 Å². The van der Waals surface area contributed by atoms with Gasteiger partial charge in [-0.05, 0) is 45.4 Å². The number of carbonyl (C=O) groups is 2. The minimum absolute atomic E-state index is 0.0278. The predicted octanol–water partition coefficient (Wildman–Crippen LogP) is 3.18. The van der Waals surface area contributed by atoms with Crippen molar-refractivity contribution in [2.24, 2.45) is 0 Å². The van der Waals surface area contributed by atoms with E-state index in [1.807, 2.05) is 20.8 Å². The van der Waals surface area contributed by atoms with Gasteiger partial charge in [0.25, 0.3) is 0 Å². The number of nitrogens with one attached hydrogen (secondary N) is 2. The summed E-state index contributed by atoms with van der Waals surface area (Å²) in [5.41, 5.74) is -0.312. The molecule has 1 rings (SSSR count). The molecule has 2 N–H and O–H groups in total. The van der Waals surface area contributed by atoms with Crippen LogP contribution < -0.4 is 15.4 Å². The van der Waals surface area contributed by atoms with E-state index in [1.54, 1.807) is 18.2 Å². The highest BCUT2D eigenvalue weighted by Gasteiger charge is 2.14. The first kappa shape index (κ1) is 19.6. The zero-order valence-electron chi connectivity index (χ0n) is 13.5. The largest absolute Gasteiger partial charge is 0.492 e. The molecule has 0 atom stereocenters. The molecule has 1 aromatic carbocycles. The zero-order valence-corrected chi connectivity index (χ0v) is 15.1. The van der Waals surface area contributed by atoms with Gasteiger partial charge in [-0.2, -0.15) is 0 Å². The van der Waals surface area contributed by atoms with Crippen LogP contribution in [-0.2, 0) is 9.59 Å². The van der Waals surface area contributed by atoms with Crippen LogP contribution >= 0.6 is 23.2 Å². The van der Waals surface area contributed by atoms with E-state index in [-0.39, 0.29) is 30.3 Å². The Morgan fingerprint density at radius 2 is 1.87 bits per heavy atom. The number of halogens is 2. The van der Waals surface area contributed by atoms with Crippen molar-refractivity contribution in [3.8, 4) is 5.75 Å². The topological polar surface area (TPSA) is 67.4 Å². The molecule has 7 heteroatoms. The molecule has 23 heavy (non-hydrogen) atoms. The SMILES string of the molecule is CC(C)(C)NC(=O)CNC(=O)CCCOc1ccc(Cl)cc1Cl. The highest BCUT2D eigenvalue weighted by atomic mass is 35.5. The van der Waals surface area contributed by atoms with Crippen LogP contribution in [0.15, 0.2) is 18.2 Å². The number of carbonyl (C=O) groups excluding carboxylic acids is 2. The molecule has 0 aliphatic carbocycles. The van der Waals surface area contributed by atoms with Crippen LogP contribution in [0, 0.1) is 0 Å². The summed E-state index contributed by atoms with van der Waals surface area (Å²) in [4.78, 5) is 23.2. The van der Waals surface area contributed by atoms with Gasteiger partial charge in [0.2, 0.25) is 11.8 Å². The first-order valence-corrected chi connectivity index (χ1v) is 8.08. The molecule has 5 nitrogen and oxygen atoms in total. The standard InChI is InChI=1S/C16H22Cl2N2O3/c1-16(2,3)20-15(22)10-19-14(21)5-4-8-23-13-7-6-11(17)9-12(13)18/h6-7,9H,4-5,8,10H2,1-3H3,(H,19,21)(H,20,22). The Kier molecular flexibility index (Phi) is 7.65. The van der Waals surface area contributed by atoms with E-state index >= 15 is 0 Å². The Balaban J connectivity index is 2.20. The third kappa shape index (κ3) is 8.67. The van der Waals surface area contributed by atoms with Crippen molar-refractivity contribution in [2.75, 3.05) is 13.2 Å². The third-order valence-electron chi connectivity index (χ3n) is 2.66. The number of amides is 2. The molecule has 0 bridgehead atoms. The van der Waals surface area contributed by atoms with E-state index in [9.17, 15) is 9.59 Å². The molecule has 0 radical (unpaired) electrons. The third-order valence-corrected chi connectivity index (χ3v) is 3.19. The summed E-state index contributed by atoms with van der Waals surface area (Å²) in [5, 5.41) is 6.31. The fourth-order valence-corrected chi connectivity index (χ4v) is 2.20. The fourth-order valence-electron chi connectivity index (χ4n) is 1.74. The molecule has 0 spiro atoms. The Hall–Kier alpha value is -1.46. The van der Waals surface area contributed by atoms with Crippen molar-refractivity contribution >= 4 is 35.0 Å². The molecule has 2 amide bonds. The second-order valence-electron chi connectivity index (χ2n) is 6.10. The quantitative estimate of drug-likeness (QED) is 0.733. The molecule has 0 aliphatic rings. The Labute approximate surface area is 146 Å². The van der Waals surface area contributed by atoms with Gasteiger partial charge in [0.15, 0.2) is 0 Å². The van der Waals surface area contributed by atoms with Gasteiger partial charge in [-0.25, -0.2) is 0 Å². The number of hydrogen-bond acceptors (Lipinski definition) is 3. The lowest BCUT2D eigenvalue weighted by atomic mass is 10.1. The molecule has 0 fully saturated rings. The molecule has 0 unspecified atom stereocenters. The summed E-state index contributed by atoms with van der Waals surface area (Å²) in [6, 6.07) is 4.96. The smallest absolute Gasteiger partial charge is 0.239 e. The Morgan fingerprint density at radius 1 is 1.17 bits per heavy atom. The first-order valence-electron chi connectivity index (χ1n) is 7.33. The van der Waals surface area contributed by atoms with Crippen molar-refractivity contribution in [1.82, 2.24) is 10.6 Å². The molecule has 0 saturated carbocycles. The maximum absolute atomic E-state index is 11.6. The van der Waals surface area contributed by atoms with Gasteiger partial charge < -0.3 is 15.4 Å². The number of benzene rings is 1. The van der Waals surface area contributed by atoms with Gasteiger partial charge in [-0.3, -0.25) is 9.59 Å². The Morgan fingerprint density at radius 3 is 2.48 bits per heavy atom. The maximum Gasteiger partial charge on any atom is 0.239 e. The van der Waals surface area contributed by atoms with Crippen molar-refractivity contribution in [3.63, 3.8) is 0 Å². The normalized spacial score (nSPS) is 11.0. The van der Waals surface area contributed by atoms with Crippen LogP contribution in [0.25, 0.3) is 0 Å². The zero-order chi connectivity index (χ0) is 17.5. The summed E-state index contributed by atoms with van der Waals surface area (Å²) >= 11 is 11.8. The molecule has 0 aliphatic heterocycles. The molecular formula is C16H22Cl2N2O3. The number of ether oxygens (including phenoxy) is 1.